The van der Waals surface area contributed by atoms with Gasteiger partial charge in [0, 0.05) is 0 Å². The number of phenolic OH excluding ortho intramolecular Hbond substituents is 2. The molecular weight excluding hydrogens is 150 g/mol. The predicted octanol–water partition coefficient (Wildman–Crippen LogP) is 0.567. The third kappa shape index (κ3) is 1.58. The summed E-state index contributed by atoms with van der Waals surface area (Å²) >= 11 is 5.40. The van der Waals surface area contributed by atoms with Crippen molar-refractivity contribution < 1.29 is 10.2 Å². The molecule has 0 amide bonds. The number of para-hydroxylation sites is 1. The van der Waals surface area contributed by atoms with Crippen LogP contribution in [0, 0.1) is 0 Å². The molecule has 1 aromatic carbocycles. The standard InChI is InChI=1S/C6H5ClO2.BH3/c7-4-2-1-3-5(8)6(4)9;/h1-3,8-9H;1H3. The lowest BCUT2D eigenvalue weighted by atomic mass is 10.3. The van der Waals surface area contributed by atoms with Gasteiger partial charge in [-0.15, -0.1) is 0 Å². The number of halogens is 1. The van der Waals surface area contributed by atoms with Gasteiger partial charge in [0.25, 0.3) is 0 Å². The fourth-order valence-electron chi connectivity index (χ4n) is 0.504. The molecule has 54 valence electrons. The van der Waals surface area contributed by atoms with Crippen LogP contribution in [0.15, 0.2) is 18.2 Å². The first kappa shape index (κ1) is 9.17. The van der Waals surface area contributed by atoms with Gasteiger partial charge in [0.15, 0.2) is 11.5 Å². The van der Waals surface area contributed by atoms with Gasteiger partial charge in [0.2, 0.25) is 0 Å². The van der Waals surface area contributed by atoms with E-state index in [-0.39, 0.29) is 24.9 Å². The lowest BCUT2D eigenvalue weighted by Gasteiger charge is -1.96. The monoisotopic (exact) mass is 158 g/mol. The molecule has 0 radical (unpaired) electrons. The molecule has 0 spiro atoms. The second kappa shape index (κ2) is 3.37. The zero-order chi connectivity index (χ0) is 6.85. The van der Waals surface area contributed by atoms with Crippen LogP contribution >= 0.6 is 11.6 Å². The van der Waals surface area contributed by atoms with E-state index in [1.165, 1.54) is 12.1 Å². The van der Waals surface area contributed by atoms with Gasteiger partial charge in [0.1, 0.15) is 0 Å². The molecule has 0 fully saturated rings. The highest BCUT2D eigenvalue weighted by Crippen LogP contribution is 2.31. The summed E-state index contributed by atoms with van der Waals surface area (Å²) in [7, 11) is 0. The number of hydrogen-bond donors (Lipinski definition) is 2. The molecule has 1 rings (SSSR count). The Morgan fingerprint density at radius 2 is 1.80 bits per heavy atom. The highest BCUT2D eigenvalue weighted by molar-refractivity contribution is 6.32. The Morgan fingerprint density at radius 3 is 2.20 bits per heavy atom. The first-order valence-corrected chi connectivity index (χ1v) is 2.76. The number of benzene rings is 1. The van der Waals surface area contributed by atoms with Crippen molar-refractivity contribution in [2.24, 2.45) is 0 Å². The van der Waals surface area contributed by atoms with Crippen molar-refractivity contribution in [1.82, 2.24) is 0 Å². The van der Waals surface area contributed by atoms with Gasteiger partial charge < -0.3 is 10.2 Å². The number of phenols is 2. The lowest BCUT2D eigenvalue weighted by molar-refractivity contribution is 0.404. The molecule has 1 aromatic rings. The van der Waals surface area contributed by atoms with Crippen molar-refractivity contribution in [3.63, 3.8) is 0 Å². The highest BCUT2D eigenvalue weighted by Gasteiger charge is 2.00. The smallest absolute Gasteiger partial charge is 0.176 e. The normalized spacial score (nSPS) is 8.50. The number of rotatable bonds is 0. The minimum absolute atomic E-state index is 0. The largest absolute Gasteiger partial charge is 0.504 e. The minimum Gasteiger partial charge on any atom is -0.504 e. The average Bonchev–Trinajstić information content (AvgIpc) is 1.83. The molecule has 0 bridgehead atoms. The predicted molar refractivity (Wildman–Crippen MR) is 44.7 cm³/mol. The molecule has 0 saturated heterocycles. The second-order valence-corrected chi connectivity index (χ2v) is 2.01. The van der Waals surface area contributed by atoms with E-state index in [0.717, 1.165) is 0 Å². The Labute approximate surface area is 65.6 Å². The SMILES string of the molecule is B.Oc1cccc(Cl)c1O. The van der Waals surface area contributed by atoms with Gasteiger partial charge in [-0.2, -0.15) is 0 Å². The van der Waals surface area contributed by atoms with Crippen LogP contribution in [0.5, 0.6) is 11.5 Å². The van der Waals surface area contributed by atoms with Crippen molar-refractivity contribution in [1.29, 1.82) is 0 Å². The average molecular weight is 158 g/mol. The molecule has 0 aliphatic rings. The Morgan fingerprint density at radius 1 is 1.20 bits per heavy atom. The van der Waals surface area contributed by atoms with E-state index in [9.17, 15) is 0 Å². The van der Waals surface area contributed by atoms with Crippen molar-refractivity contribution in [2.75, 3.05) is 0 Å². The second-order valence-electron chi connectivity index (χ2n) is 1.61. The summed E-state index contributed by atoms with van der Waals surface area (Å²) in [5, 5.41) is 17.8. The van der Waals surface area contributed by atoms with Crippen LogP contribution in [0.4, 0.5) is 0 Å². The van der Waals surface area contributed by atoms with Gasteiger partial charge in [-0.1, -0.05) is 17.7 Å². The van der Waals surface area contributed by atoms with E-state index in [1.54, 1.807) is 6.07 Å². The van der Waals surface area contributed by atoms with Crippen LogP contribution in [0.3, 0.4) is 0 Å². The summed E-state index contributed by atoms with van der Waals surface area (Å²) in [4.78, 5) is 0. The molecule has 0 atom stereocenters. The molecule has 4 heteroatoms. The molecule has 0 heterocycles. The zero-order valence-corrected chi connectivity index (χ0v) is 5.26. The molecule has 2 N–H and O–H groups in total. The molecular formula is C6H8BClO2. The van der Waals surface area contributed by atoms with Gasteiger partial charge in [-0.25, -0.2) is 0 Å². The molecule has 10 heavy (non-hydrogen) atoms. The van der Waals surface area contributed by atoms with Crippen molar-refractivity contribution >= 4 is 20.0 Å². The first-order chi connectivity index (χ1) is 4.22. The van der Waals surface area contributed by atoms with Gasteiger partial charge in [-0.3, -0.25) is 0 Å². The van der Waals surface area contributed by atoms with Crippen LogP contribution in [0.2, 0.25) is 5.02 Å². The molecule has 0 aliphatic heterocycles. The van der Waals surface area contributed by atoms with Crippen LogP contribution in [0.1, 0.15) is 0 Å². The van der Waals surface area contributed by atoms with E-state index in [4.69, 9.17) is 21.8 Å². The Hall–Kier alpha value is -0.825. The number of hydrogen-bond acceptors (Lipinski definition) is 2. The Kier molecular flexibility index (Phi) is 3.09. The lowest BCUT2D eigenvalue weighted by Crippen LogP contribution is -1.67. The summed E-state index contributed by atoms with van der Waals surface area (Å²) < 4.78 is 0. The molecule has 0 saturated carbocycles. The highest BCUT2D eigenvalue weighted by atomic mass is 35.5. The van der Waals surface area contributed by atoms with Crippen molar-refractivity contribution in [3.05, 3.63) is 23.2 Å². The maximum absolute atomic E-state index is 8.82. The van der Waals surface area contributed by atoms with Crippen LogP contribution in [0.25, 0.3) is 0 Å². The fraction of sp³-hybridized carbons (Fsp3) is 0. The van der Waals surface area contributed by atoms with Crippen molar-refractivity contribution in [2.45, 2.75) is 0 Å². The summed E-state index contributed by atoms with van der Waals surface area (Å²) in [6, 6.07) is 4.41. The minimum atomic E-state index is -0.265. The topological polar surface area (TPSA) is 40.5 Å². The molecule has 2 nitrogen and oxygen atoms in total. The maximum Gasteiger partial charge on any atom is 0.176 e. The zero-order valence-electron chi connectivity index (χ0n) is 4.50. The van der Waals surface area contributed by atoms with Crippen LogP contribution < -0.4 is 0 Å². The summed E-state index contributed by atoms with van der Waals surface area (Å²) in [5.41, 5.74) is 0. The van der Waals surface area contributed by atoms with Gasteiger partial charge in [0.05, 0.1) is 13.4 Å². The summed E-state index contributed by atoms with van der Waals surface area (Å²) in [6.07, 6.45) is 0. The van der Waals surface area contributed by atoms with E-state index < -0.39 is 0 Å². The van der Waals surface area contributed by atoms with Gasteiger partial charge >= 0.3 is 0 Å². The third-order valence-corrected chi connectivity index (χ3v) is 1.27. The Bertz CT molecular complexity index is 207. The molecule has 0 aliphatic carbocycles. The van der Waals surface area contributed by atoms with Crippen molar-refractivity contribution in [3.8, 4) is 11.5 Å². The maximum atomic E-state index is 8.82. The van der Waals surface area contributed by atoms with E-state index >= 15 is 0 Å². The Balaban J connectivity index is 0.000000810. The van der Waals surface area contributed by atoms with Gasteiger partial charge in [-0.05, 0) is 12.1 Å². The number of aromatic hydroxyl groups is 2. The van der Waals surface area contributed by atoms with E-state index in [1.807, 2.05) is 0 Å². The third-order valence-electron chi connectivity index (χ3n) is 0.965. The molecule has 0 aromatic heterocycles. The van der Waals surface area contributed by atoms with Crippen LogP contribution in [-0.4, -0.2) is 18.6 Å². The van der Waals surface area contributed by atoms with E-state index in [0.29, 0.717) is 0 Å². The van der Waals surface area contributed by atoms with E-state index in [2.05, 4.69) is 0 Å². The quantitative estimate of drug-likeness (QED) is 0.428. The molecule has 0 unspecified atom stereocenters. The van der Waals surface area contributed by atoms with Crippen LogP contribution in [-0.2, 0) is 0 Å². The summed E-state index contributed by atoms with van der Waals surface area (Å²) in [6.45, 7) is 0. The first-order valence-electron chi connectivity index (χ1n) is 2.38. The summed E-state index contributed by atoms with van der Waals surface area (Å²) in [5.74, 6) is -0.457. The fourth-order valence-corrected chi connectivity index (χ4v) is 0.674.